The predicted octanol–water partition coefficient (Wildman–Crippen LogP) is 2.51. The van der Waals surface area contributed by atoms with Gasteiger partial charge in [-0.1, -0.05) is 30.3 Å². The summed E-state index contributed by atoms with van der Waals surface area (Å²) >= 11 is 0. The van der Waals surface area contributed by atoms with Crippen LogP contribution in [0.2, 0.25) is 0 Å². The largest absolute Gasteiger partial charge is 0.377 e. The van der Waals surface area contributed by atoms with Gasteiger partial charge in [0.25, 0.3) is 0 Å². The first-order valence-corrected chi connectivity index (χ1v) is 5.06. The van der Waals surface area contributed by atoms with Crippen molar-refractivity contribution in [2.45, 2.75) is 30.8 Å². The number of hydrogen-bond donors (Lipinski definition) is 0. The van der Waals surface area contributed by atoms with Crippen molar-refractivity contribution < 1.29 is 4.74 Å². The molecule has 3 rings (SSSR count). The summed E-state index contributed by atoms with van der Waals surface area (Å²) < 4.78 is 5.71. The van der Waals surface area contributed by atoms with E-state index in [-0.39, 0.29) is 0 Å². The highest BCUT2D eigenvalue weighted by molar-refractivity contribution is 5.28. The standard InChI is InChI=1S/C12H14O/c1-2-4-10(5-3-1)12-7-6-11(8-12)13-9-12/h1-5,11H,6-9H2. The molecule has 1 heteroatoms. The van der Waals surface area contributed by atoms with Gasteiger partial charge in [-0.3, -0.25) is 0 Å². The summed E-state index contributed by atoms with van der Waals surface area (Å²) in [6.07, 6.45) is 4.38. The first-order valence-electron chi connectivity index (χ1n) is 5.06. The molecule has 0 N–H and O–H groups in total. The van der Waals surface area contributed by atoms with E-state index in [1.165, 1.54) is 24.8 Å². The number of ether oxygens (including phenoxy) is 1. The summed E-state index contributed by atoms with van der Waals surface area (Å²) in [5.41, 5.74) is 1.86. The van der Waals surface area contributed by atoms with Crippen LogP contribution in [0.15, 0.2) is 30.3 Å². The molecule has 2 bridgehead atoms. The number of benzene rings is 1. The Bertz CT molecular complexity index is 296. The molecule has 13 heavy (non-hydrogen) atoms. The van der Waals surface area contributed by atoms with Crippen LogP contribution in [0.4, 0.5) is 0 Å². The fourth-order valence-corrected chi connectivity index (χ4v) is 2.77. The predicted molar refractivity (Wildman–Crippen MR) is 51.7 cm³/mol. The van der Waals surface area contributed by atoms with Gasteiger partial charge in [0, 0.05) is 5.41 Å². The third-order valence-electron chi connectivity index (χ3n) is 3.54. The summed E-state index contributed by atoms with van der Waals surface area (Å²) in [6.45, 7) is 0.946. The van der Waals surface area contributed by atoms with Crippen LogP contribution in [0, 0.1) is 0 Å². The molecule has 0 amide bonds. The molecule has 1 aromatic rings. The van der Waals surface area contributed by atoms with Gasteiger partial charge in [-0.15, -0.1) is 0 Å². The summed E-state index contributed by atoms with van der Waals surface area (Å²) in [5.74, 6) is 0. The zero-order valence-corrected chi connectivity index (χ0v) is 7.70. The minimum Gasteiger partial charge on any atom is -0.377 e. The van der Waals surface area contributed by atoms with Crippen LogP contribution < -0.4 is 0 Å². The van der Waals surface area contributed by atoms with E-state index < -0.39 is 0 Å². The topological polar surface area (TPSA) is 9.23 Å². The van der Waals surface area contributed by atoms with E-state index >= 15 is 0 Å². The van der Waals surface area contributed by atoms with Crippen LogP contribution in [0.1, 0.15) is 24.8 Å². The SMILES string of the molecule is c1ccc(C23CCC(C2)OC3)cc1. The van der Waals surface area contributed by atoms with Crippen LogP contribution in [-0.4, -0.2) is 12.7 Å². The highest BCUT2D eigenvalue weighted by Crippen LogP contribution is 2.47. The van der Waals surface area contributed by atoms with Gasteiger partial charge in [0.05, 0.1) is 12.7 Å². The molecule has 2 atom stereocenters. The second-order valence-corrected chi connectivity index (χ2v) is 4.32. The Labute approximate surface area is 78.7 Å². The summed E-state index contributed by atoms with van der Waals surface area (Å²) in [7, 11) is 0. The molecular weight excluding hydrogens is 160 g/mol. The number of hydrogen-bond acceptors (Lipinski definition) is 1. The highest BCUT2D eigenvalue weighted by Gasteiger charge is 2.46. The van der Waals surface area contributed by atoms with Crippen molar-refractivity contribution in [2.75, 3.05) is 6.61 Å². The molecule has 0 spiro atoms. The minimum absolute atomic E-state index is 0.381. The van der Waals surface area contributed by atoms with Gasteiger partial charge in [-0.2, -0.15) is 0 Å². The van der Waals surface area contributed by atoms with Gasteiger partial charge in [0.2, 0.25) is 0 Å². The quantitative estimate of drug-likeness (QED) is 0.635. The van der Waals surface area contributed by atoms with E-state index in [1.54, 1.807) is 0 Å². The maximum absolute atomic E-state index is 5.71. The van der Waals surface area contributed by atoms with Gasteiger partial charge in [0.15, 0.2) is 0 Å². The second kappa shape index (κ2) is 2.58. The molecular formula is C12H14O. The van der Waals surface area contributed by atoms with Crippen molar-refractivity contribution in [1.82, 2.24) is 0 Å². The summed E-state index contributed by atoms with van der Waals surface area (Å²) in [4.78, 5) is 0. The maximum atomic E-state index is 5.71. The van der Waals surface area contributed by atoms with Crippen molar-refractivity contribution in [2.24, 2.45) is 0 Å². The molecule has 2 unspecified atom stereocenters. The third-order valence-corrected chi connectivity index (χ3v) is 3.54. The molecule has 1 saturated carbocycles. The average Bonchev–Trinajstić information content (AvgIpc) is 2.80. The Balaban J connectivity index is 2.00. The Hall–Kier alpha value is -0.820. The molecule has 2 fully saturated rings. The first-order chi connectivity index (χ1) is 6.39. The molecule has 0 radical (unpaired) electrons. The van der Waals surface area contributed by atoms with Crippen LogP contribution in [0.5, 0.6) is 0 Å². The van der Waals surface area contributed by atoms with Crippen molar-refractivity contribution in [3.63, 3.8) is 0 Å². The Morgan fingerprint density at radius 2 is 2.08 bits per heavy atom. The number of fused-ring (bicyclic) bond motifs is 2. The third kappa shape index (κ3) is 1.03. The van der Waals surface area contributed by atoms with Gasteiger partial charge in [-0.25, -0.2) is 0 Å². The lowest BCUT2D eigenvalue weighted by molar-refractivity contribution is 0.0698. The van der Waals surface area contributed by atoms with E-state index in [0.717, 1.165) is 6.61 Å². The lowest BCUT2D eigenvalue weighted by atomic mass is 9.80. The fraction of sp³-hybridized carbons (Fsp3) is 0.500. The van der Waals surface area contributed by atoms with E-state index in [2.05, 4.69) is 30.3 Å². The van der Waals surface area contributed by atoms with Crippen molar-refractivity contribution in [3.05, 3.63) is 35.9 Å². The molecule has 1 aromatic carbocycles. The molecule has 68 valence electrons. The first kappa shape index (κ1) is 7.57. The molecule has 1 aliphatic heterocycles. The van der Waals surface area contributed by atoms with Gasteiger partial charge < -0.3 is 4.74 Å². The normalized spacial score (nSPS) is 36.8. The Morgan fingerprint density at radius 1 is 1.23 bits per heavy atom. The van der Waals surface area contributed by atoms with Gasteiger partial charge in [-0.05, 0) is 24.8 Å². The van der Waals surface area contributed by atoms with Crippen LogP contribution >= 0.6 is 0 Å². The Kier molecular flexibility index (Phi) is 1.50. The second-order valence-electron chi connectivity index (χ2n) is 4.32. The monoisotopic (exact) mass is 174 g/mol. The van der Waals surface area contributed by atoms with Crippen molar-refractivity contribution >= 4 is 0 Å². The van der Waals surface area contributed by atoms with E-state index in [9.17, 15) is 0 Å². The van der Waals surface area contributed by atoms with E-state index in [0.29, 0.717) is 11.5 Å². The molecule has 1 nitrogen and oxygen atoms in total. The van der Waals surface area contributed by atoms with Gasteiger partial charge in [0.1, 0.15) is 0 Å². The van der Waals surface area contributed by atoms with Crippen LogP contribution in [0.3, 0.4) is 0 Å². The van der Waals surface area contributed by atoms with Crippen LogP contribution in [0.25, 0.3) is 0 Å². The molecule has 1 heterocycles. The summed E-state index contributed by atoms with van der Waals surface area (Å²) in [5, 5.41) is 0. The van der Waals surface area contributed by atoms with E-state index in [4.69, 9.17) is 4.74 Å². The average molecular weight is 174 g/mol. The van der Waals surface area contributed by atoms with E-state index in [1.807, 2.05) is 0 Å². The van der Waals surface area contributed by atoms with Crippen LogP contribution in [-0.2, 0) is 10.2 Å². The molecule has 1 aliphatic carbocycles. The van der Waals surface area contributed by atoms with Crippen molar-refractivity contribution in [1.29, 1.82) is 0 Å². The van der Waals surface area contributed by atoms with Gasteiger partial charge >= 0.3 is 0 Å². The Morgan fingerprint density at radius 3 is 2.62 bits per heavy atom. The molecule has 0 aromatic heterocycles. The fourth-order valence-electron chi connectivity index (χ4n) is 2.77. The highest BCUT2D eigenvalue weighted by atomic mass is 16.5. The zero-order chi connectivity index (χ0) is 8.73. The lowest BCUT2D eigenvalue weighted by Crippen LogP contribution is -2.24. The van der Waals surface area contributed by atoms with Crippen molar-refractivity contribution in [3.8, 4) is 0 Å². The summed E-state index contributed by atoms with van der Waals surface area (Å²) in [6, 6.07) is 10.8. The lowest BCUT2D eigenvalue weighted by Gasteiger charge is -2.25. The molecule has 2 aliphatic rings. The zero-order valence-electron chi connectivity index (χ0n) is 7.70. The minimum atomic E-state index is 0.381. The number of rotatable bonds is 1. The maximum Gasteiger partial charge on any atom is 0.0585 e. The smallest absolute Gasteiger partial charge is 0.0585 e. The molecule has 1 saturated heterocycles.